The molecule has 0 aromatic heterocycles. The maximum atomic E-state index is 14.0. The lowest BCUT2D eigenvalue weighted by atomic mass is 9.84. The van der Waals surface area contributed by atoms with Gasteiger partial charge >= 0.3 is 11.9 Å². The number of hydrogen-bond donors (Lipinski definition) is 0. The van der Waals surface area contributed by atoms with Crippen LogP contribution < -0.4 is 0 Å². The Bertz CT molecular complexity index is 1090. The molecule has 0 radical (unpaired) electrons. The van der Waals surface area contributed by atoms with E-state index in [1.165, 1.54) is 7.11 Å². The maximum Gasteiger partial charge on any atom is 0.311 e. The third-order valence-corrected chi connectivity index (χ3v) is 16.8. The van der Waals surface area contributed by atoms with Crippen LogP contribution >= 0.6 is 0 Å². The van der Waals surface area contributed by atoms with Crippen molar-refractivity contribution in [1.82, 2.24) is 0 Å². The summed E-state index contributed by atoms with van der Waals surface area (Å²) in [7, 11) is -0.519. The zero-order chi connectivity index (χ0) is 37.4. The highest BCUT2D eigenvalue weighted by Crippen LogP contribution is 2.41. The fourth-order valence-electron chi connectivity index (χ4n) is 7.90. The molecule has 3 saturated heterocycles. The van der Waals surface area contributed by atoms with Crippen LogP contribution in [0.5, 0.6) is 0 Å². The van der Waals surface area contributed by atoms with Crippen molar-refractivity contribution in [3.05, 3.63) is 0 Å². The number of methoxy groups -OCH3 is 1. The van der Waals surface area contributed by atoms with Gasteiger partial charge in [0.05, 0.1) is 55.6 Å². The van der Waals surface area contributed by atoms with E-state index < -0.39 is 20.3 Å². The minimum Gasteiger partial charge on any atom is -0.469 e. The second-order valence-electron chi connectivity index (χ2n) is 17.3. The van der Waals surface area contributed by atoms with Gasteiger partial charge < -0.3 is 28.1 Å². The van der Waals surface area contributed by atoms with Gasteiger partial charge in [-0.05, 0) is 89.8 Å². The first-order valence-corrected chi connectivity index (χ1v) is 22.8. The molecule has 290 valence electrons. The average Bonchev–Trinajstić information content (AvgIpc) is 3.83. The molecule has 50 heavy (non-hydrogen) atoms. The van der Waals surface area contributed by atoms with Crippen LogP contribution in [0.3, 0.4) is 0 Å². The molecule has 0 unspecified atom stereocenters. The van der Waals surface area contributed by atoms with Crippen LogP contribution in [-0.2, 0) is 42.5 Å². The standard InChI is InChI=1S/C40H72O9Si/c1-13-15-29(41)23-30-17-19-33(45-30)25(3)37(26(4)34-21-22-36(47-34)27(5)38(42)44-10)48-39(43)28(6)35-20-18-31(46-35)24-32(16-14-2)49-50(11,12)40(7,8)9/h25-28,30-37H,13-24H2,1-12H3/t25-,26-,27-,28+,30+,31+,32+,33-,34+,35-,36-,37+/m1/s1. The molecule has 3 rings (SSSR count). The van der Waals surface area contributed by atoms with Crippen molar-refractivity contribution in [3.63, 3.8) is 0 Å². The van der Waals surface area contributed by atoms with E-state index in [1.54, 1.807) is 0 Å². The minimum absolute atomic E-state index is 0.0603. The molecule has 0 spiro atoms. The van der Waals surface area contributed by atoms with Crippen molar-refractivity contribution in [2.45, 2.75) is 206 Å². The van der Waals surface area contributed by atoms with E-state index in [1.807, 2.05) is 20.8 Å². The Morgan fingerprint density at radius 1 is 0.740 bits per heavy atom. The first kappa shape index (κ1) is 43.1. The lowest BCUT2D eigenvalue weighted by Crippen LogP contribution is -2.45. The molecule has 3 fully saturated rings. The van der Waals surface area contributed by atoms with Crippen molar-refractivity contribution >= 4 is 26.0 Å². The molecule has 10 heteroatoms. The molecule has 3 aliphatic heterocycles. The summed E-state index contributed by atoms with van der Waals surface area (Å²) in [4.78, 5) is 38.6. The fraction of sp³-hybridized carbons (Fsp3) is 0.925. The van der Waals surface area contributed by atoms with Crippen molar-refractivity contribution in [1.29, 1.82) is 0 Å². The lowest BCUT2D eigenvalue weighted by Gasteiger charge is -2.40. The summed E-state index contributed by atoms with van der Waals surface area (Å²) in [6.07, 6.45) is 8.56. The van der Waals surface area contributed by atoms with E-state index in [4.69, 9.17) is 28.1 Å². The van der Waals surface area contributed by atoms with Gasteiger partial charge in [0.1, 0.15) is 11.9 Å². The summed E-state index contributed by atoms with van der Waals surface area (Å²) in [5.74, 6) is -1.32. The molecule has 12 atom stereocenters. The number of carbonyl (C=O) groups excluding carboxylic acids is 3. The van der Waals surface area contributed by atoms with Gasteiger partial charge in [0.15, 0.2) is 8.32 Å². The minimum atomic E-state index is -1.92. The van der Waals surface area contributed by atoms with E-state index in [0.29, 0.717) is 12.8 Å². The van der Waals surface area contributed by atoms with E-state index in [2.05, 4.69) is 54.6 Å². The molecule has 0 aromatic rings. The largest absolute Gasteiger partial charge is 0.469 e. The quantitative estimate of drug-likeness (QED) is 0.0956. The molecule has 0 saturated carbocycles. The molecule has 3 aliphatic rings. The van der Waals surface area contributed by atoms with Gasteiger partial charge in [0.25, 0.3) is 0 Å². The Hall–Kier alpha value is -1.33. The number of carbonyl (C=O) groups is 3. The molecule has 0 N–H and O–H groups in total. The highest BCUT2D eigenvalue weighted by molar-refractivity contribution is 6.74. The highest BCUT2D eigenvalue weighted by atomic mass is 28.4. The van der Waals surface area contributed by atoms with Gasteiger partial charge in [-0.15, -0.1) is 0 Å². The van der Waals surface area contributed by atoms with Crippen LogP contribution in [0.15, 0.2) is 0 Å². The fourth-order valence-corrected chi connectivity index (χ4v) is 9.31. The predicted molar refractivity (Wildman–Crippen MR) is 198 cm³/mol. The van der Waals surface area contributed by atoms with Crippen molar-refractivity contribution < 1.29 is 42.5 Å². The van der Waals surface area contributed by atoms with Crippen LogP contribution in [0.25, 0.3) is 0 Å². The summed E-state index contributed by atoms with van der Waals surface area (Å²) in [5, 5.41) is 0.141. The van der Waals surface area contributed by atoms with Crippen LogP contribution in [0.1, 0.15) is 139 Å². The molecule has 0 aliphatic carbocycles. The number of hydrogen-bond acceptors (Lipinski definition) is 9. The second-order valence-corrected chi connectivity index (χ2v) is 22.0. The molecule has 0 aromatic carbocycles. The number of rotatable bonds is 19. The Morgan fingerprint density at radius 3 is 1.86 bits per heavy atom. The Labute approximate surface area is 305 Å². The Kier molecular flexibility index (Phi) is 16.5. The molecular weight excluding hydrogens is 653 g/mol. The van der Waals surface area contributed by atoms with Gasteiger partial charge in [-0.25, -0.2) is 0 Å². The summed E-state index contributed by atoms with van der Waals surface area (Å²) >= 11 is 0. The molecule has 0 amide bonds. The average molecular weight is 725 g/mol. The number of Topliss-reactive ketones (excluding diaryl/α,β-unsaturated/α-hetero) is 1. The SMILES string of the molecule is CCCC(=O)C[C@@H]1CC[C@H]([C@@H](C)[C@H](OC(=O)[C@@H](C)[C@H]2CC[C@@H](C[C@H](CCC)O[Si](C)(C)C(C)(C)C)O2)[C@H](C)[C@@H]2CC[C@H]([C@@H](C)C(=O)OC)O2)O1. The smallest absolute Gasteiger partial charge is 0.311 e. The zero-order valence-corrected chi connectivity index (χ0v) is 34.6. The van der Waals surface area contributed by atoms with Crippen LogP contribution in [0.2, 0.25) is 18.1 Å². The third-order valence-electron chi connectivity index (χ3n) is 12.3. The first-order chi connectivity index (χ1) is 23.4. The second kappa shape index (κ2) is 19.1. The topological polar surface area (TPSA) is 107 Å². The summed E-state index contributed by atoms with van der Waals surface area (Å²) in [6, 6.07) is 0. The van der Waals surface area contributed by atoms with Gasteiger partial charge in [-0.2, -0.15) is 0 Å². The van der Waals surface area contributed by atoms with Crippen molar-refractivity contribution in [2.24, 2.45) is 23.7 Å². The summed E-state index contributed by atoms with van der Waals surface area (Å²) in [5.41, 5.74) is 0. The number of ketones is 1. The van der Waals surface area contributed by atoms with E-state index >= 15 is 0 Å². The Morgan fingerprint density at radius 2 is 1.26 bits per heavy atom. The van der Waals surface area contributed by atoms with Crippen molar-refractivity contribution in [2.75, 3.05) is 7.11 Å². The van der Waals surface area contributed by atoms with Crippen LogP contribution in [0.4, 0.5) is 0 Å². The number of esters is 2. The van der Waals surface area contributed by atoms with E-state index in [0.717, 1.165) is 64.2 Å². The number of ether oxygens (including phenoxy) is 5. The van der Waals surface area contributed by atoms with Gasteiger partial charge in [-0.3, -0.25) is 14.4 Å². The summed E-state index contributed by atoms with van der Waals surface area (Å²) in [6.45, 7) is 23.6. The molecule has 3 heterocycles. The molecular formula is C40H72O9Si. The molecule has 0 bridgehead atoms. The lowest BCUT2D eigenvalue weighted by molar-refractivity contribution is -0.173. The monoisotopic (exact) mass is 724 g/mol. The maximum absolute atomic E-state index is 14.0. The van der Waals surface area contributed by atoms with Gasteiger partial charge in [-0.1, -0.05) is 54.9 Å². The summed E-state index contributed by atoms with van der Waals surface area (Å²) < 4.78 is 37.8. The van der Waals surface area contributed by atoms with Gasteiger partial charge in [0, 0.05) is 30.8 Å². The normalized spacial score (nSPS) is 29.6. The van der Waals surface area contributed by atoms with Crippen molar-refractivity contribution in [3.8, 4) is 0 Å². The highest BCUT2D eigenvalue weighted by Gasteiger charge is 2.46. The van der Waals surface area contributed by atoms with Crippen LogP contribution in [-0.4, -0.2) is 82.0 Å². The van der Waals surface area contributed by atoms with E-state index in [9.17, 15) is 14.4 Å². The zero-order valence-electron chi connectivity index (χ0n) is 33.6. The van der Waals surface area contributed by atoms with Crippen LogP contribution in [0, 0.1) is 23.7 Å². The molecule has 9 nitrogen and oxygen atoms in total. The van der Waals surface area contributed by atoms with Gasteiger partial charge in [0.2, 0.25) is 0 Å². The third kappa shape index (κ3) is 11.6. The van der Waals surface area contributed by atoms with E-state index in [-0.39, 0.29) is 83.2 Å². The predicted octanol–water partition coefficient (Wildman–Crippen LogP) is 8.60. The Balaban J connectivity index is 1.69. The first-order valence-electron chi connectivity index (χ1n) is 19.9.